The fourth-order valence-corrected chi connectivity index (χ4v) is 4.03. The van der Waals surface area contributed by atoms with Gasteiger partial charge in [0, 0.05) is 44.2 Å². The zero-order valence-corrected chi connectivity index (χ0v) is 16.7. The molecule has 5 rings (SSSR count). The number of aryl methyl sites for hydroxylation is 1. The summed E-state index contributed by atoms with van der Waals surface area (Å²) in [6.07, 6.45) is 0. The predicted octanol–water partition coefficient (Wildman–Crippen LogP) is 3.37. The van der Waals surface area contributed by atoms with Crippen LogP contribution >= 0.6 is 0 Å². The quantitative estimate of drug-likeness (QED) is 0.666. The first-order chi connectivity index (χ1) is 14.6. The molecule has 154 valence electrons. The van der Waals surface area contributed by atoms with Gasteiger partial charge in [0.25, 0.3) is 5.91 Å². The van der Waals surface area contributed by atoms with E-state index < -0.39 is 0 Å². The Bertz CT molecular complexity index is 1130. The Morgan fingerprint density at radius 1 is 1.03 bits per heavy atom. The molecule has 3 aromatic rings. The smallest absolute Gasteiger partial charge is 0.255 e. The number of amides is 1. The van der Waals surface area contributed by atoms with Crippen molar-refractivity contribution in [3.05, 3.63) is 65.1 Å². The molecule has 1 saturated heterocycles. The van der Waals surface area contributed by atoms with Crippen LogP contribution in [0, 0.1) is 12.7 Å². The van der Waals surface area contributed by atoms with Crippen LogP contribution in [-0.2, 0) is 6.54 Å². The van der Waals surface area contributed by atoms with Crippen molar-refractivity contribution in [2.24, 2.45) is 0 Å². The average Bonchev–Trinajstić information content (AvgIpc) is 3.21. The predicted molar refractivity (Wildman–Crippen MR) is 110 cm³/mol. The number of pyridine rings is 1. The van der Waals surface area contributed by atoms with Gasteiger partial charge in [0.2, 0.25) is 6.79 Å². The van der Waals surface area contributed by atoms with Crippen LogP contribution in [0.1, 0.15) is 21.6 Å². The summed E-state index contributed by atoms with van der Waals surface area (Å²) in [5.41, 5.74) is 2.94. The number of benzene rings is 2. The summed E-state index contributed by atoms with van der Waals surface area (Å²) in [4.78, 5) is 21.7. The number of carbonyl (C=O) groups excluding carboxylic acids is 1. The van der Waals surface area contributed by atoms with Crippen LogP contribution < -0.4 is 9.47 Å². The van der Waals surface area contributed by atoms with E-state index in [1.807, 2.05) is 23.1 Å². The number of fused-ring (bicyclic) bond motifs is 2. The second-order valence-electron chi connectivity index (χ2n) is 7.71. The highest BCUT2D eigenvalue weighted by Crippen LogP contribution is 2.33. The third kappa shape index (κ3) is 3.57. The summed E-state index contributed by atoms with van der Waals surface area (Å²) in [5.74, 6) is 1.23. The number of ether oxygens (including phenoxy) is 2. The molecule has 7 heteroatoms. The SMILES string of the molecule is Cc1nc2cc(F)ccc2cc1C(=O)N1CCN(Cc2ccc3c(c2)OCO3)CC1. The Morgan fingerprint density at radius 2 is 1.83 bits per heavy atom. The molecular weight excluding hydrogens is 385 g/mol. The molecule has 0 bridgehead atoms. The third-order valence-corrected chi connectivity index (χ3v) is 5.70. The van der Waals surface area contributed by atoms with Gasteiger partial charge in [-0.3, -0.25) is 14.7 Å². The molecule has 2 aliphatic rings. The molecule has 0 radical (unpaired) electrons. The minimum atomic E-state index is -0.327. The number of hydrogen-bond donors (Lipinski definition) is 0. The summed E-state index contributed by atoms with van der Waals surface area (Å²) in [6.45, 7) is 5.79. The van der Waals surface area contributed by atoms with E-state index in [4.69, 9.17) is 9.47 Å². The van der Waals surface area contributed by atoms with E-state index in [9.17, 15) is 9.18 Å². The number of piperazine rings is 1. The number of aromatic nitrogens is 1. The monoisotopic (exact) mass is 407 g/mol. The lowest BCUT2D eigenvalue weighted by Gasteiger charge is -2.35. The third-order valence-electron chi connectivity index (χ3n) is 5.70. The second-order valence-corrected chi connectivity index (χ2v) is 7.71. The maximum atomic E-state index is 13.4. The lowest BCUT2D eigenvalue weighted by Crippen LogP contribution is -2.48. The average molecular weight is 407 g/mol. The highest BCUT2D eigenvalue weighted by Gasteiger charge is 2.24. The van der Waals surface area contributed by atoms with Crippen LogP contribution in [0.5, 0.6) is 11.5 Å². The van der Waals surface area contributed by atoms with E-state index in [2.05, 4.69) is 16.0 Å². The Labute approximate surface area is 173 Å². The molecule has 0 unspecified atom stereocenters. The van der Waals surface area contributed by atoms with Crippen molar-refractivity contribution in [3.8, 4) is 11.5 Å². The Morgan fingerprint density at radius 3 is 2.67 bits per heavy atom. The van der Waals surface area contributed by atoms with Crippen molar-refractivity contribution >= 4 is 16.8 Å². The summed E-state index contributed by atoms with van der Waals surface area (Å²) in [5, 5.41) is 0.770. The van der Waals surface area contributed by atoms with Crippen LogP contribution in [0.3, 0.4) is 0 Å². The second kappa shape index (κ2) is 7.57. The first-order valence-corrected chi connectivity index (χ1v) is 10.0. The molecule has 1 amide bonds. The first kappa shape index (κ1) is 18.8. The number of hydrogen-bond acceptors (Lipinski definition) is 5. The van der Waals surface area contributed by atoms with E-state index in [0.29, 0.717) is 29.9 Å². The standard InChI is InChI=1S/C23H22FN3O3/c1-15-19(11-17-3-4-18(24)12-20(17)25-15)23(28)27-8-6-26(7-9-27)13-16-2-5-21-22(10-16)30-14-29-21/h2-5,10-12H,6-9,13-14H2,1H3. The summed E-state index contributed by atoms with van der Waals surface area (Å²) < 4.78 is 24.3. The van der Waals surface area contributed by atoms with Crippen molar-refractivity contribution in [1.82, 2.24) is 14.8 Å². The van der Waals surface area contributed by atoms with Crippen molar-refractivity contribution in [2.75, 3.05) is 33.0 Å². The zero-order valence-electron chi connectivity index (χ0n) is 16.7. The van der Waals surface area contributed by atoms with E-state index >= 15 is 0 Å². The summed E-state index contributed by atoms with van der Waals surface area (Å²) in [7, 11) is 0. The molecule has 0 N–H and O–H groups in total. The summed E-state index contributed by atoms with van der Waals surface area (Å²) >= 11 is 0. The number of rotatable bonds is 3. The van der Waals surface area contributed by atoms with Crippen molar-refractivity contribution in [1.29, 1.82) is 0 Å². The van der Waals surface area contributed by atoms with Crippen molar-refractivity contribution in [3.63, 3.8) is 0 Å². The molecule has 30 heavy (non-hydrogen) atoms. The van der Waals surface area contributed by atoms with Crippen LogP contribution in [0.25, 0.3) is 10.9 Å². The Hall–Kier alpha value is -3.19. The fourth-order valence-electron chi connectivity index (χ4n) is 4.03. The number of nitrogens with zero attached hydrogens (tertiary/aromatic N) is 3. The van der Waals surface area contributed by atoms with E-state index in [0.717, 1.165) is 36.5 Å². The molecule has 6 nitrogen and oxygen atoms in total. The van der Waals surface area contributed by atoms with Crippen LogP contribution in [-0.4, -0.2) is 53.7 Å². The van der Waals surface area contributed by atoms with Gasteiger partial charge < -0.3 is 14.4 Å². The van der Waals surface area contributed by atoms with Gasteiger partial charge in [0.15, 0.2) is 11.5 Å². The molecule has 0 saturated carbocycles. The first-order valence-electron chi connectivity index (χ1n) is 10.0. The van der Waals surface area contributed by atoms with Crippen LogP contribution in [0.15, 0.2) is 42.5 Å². The molecule has 2 aromatic carbocycles. The molecule has 0 atom stereocenters. The zero-order chi connectivity index (χ0) is 20.7. The molecule has 0 aliphatic carbocycles. The number of halogens is 1. The van der Waals surface area contributed by atoms with E-state index in [-0.39, 0.29) is 18.5 Å². The molecule has 3 heterocycles. The topological polar surface area (TPSA) is 54.9 Å². The Kier molecular flexibility index (Phi) is 4.75. The number of carbonyl (C=O) groups is 1. The van der Waals surface area contributed by atoms with E-state index in [1.54, 1.807) is 13.0 Å². The molecule has 2 aliphatic heterocycles. The van der Waals surface area contributed by atoms with Crippen LogP contribution in [0.2, 0.25) is 0 Å². The van der Waals surface area contributed by atoms with E-state index in [1.165, 1.54) is 17.7 Å². The fraction of sp³-hybridized carbons (Fsp3) is 0.304. The Balaban J connectivity index is 1.25. The minimum Gasteiger partial charge on any atom is -0.454 e. The van der Waals surface area contributed by atoms with Gasteiger partial charge in [0.05, 0.1) is 16.8 Å². The molecule has 1 fully saturated rings. The van der Waals surface area contributed by atoms with Gasteiger partial charge in [-0.2, -0.15) is 0 Å². The molecule has 0 spiro atoms. The highest BCUT2D eigenvalue weighted by molar-refractivity contribution is 5.98. The van der Waals surface area contributed by atoms with Crippen molar-refractivity contribution in [2.45, 2.75) is 13.5 Å². The minimum absolute atomic E-state index is 0.0195. The van der Waals surface area contributed by atoms with Gasteiger partial charge in [-0.05, 0) is 42.8 Å². The normalized spacial score (nSPS) is 16.3. The molecular formula is C23H22FN3O3. The van der Waals surface area contributed by atoms with Crippen molar-refractivity contribution < 1.29 is 18.7 Å². The lowest BCUT2D eigenvalue weighted by molar-refractivity contribution is 0.0627. The van der Waals surface area contributed by atoms with Gasteiger partial charge >= 0.3 is 0 Å². The van der Waals surface area contributed by atoms with Gasteiger partial charge in [0.1, 0.15) is 5.82 Å². The van der Waals surface area contributed by atoms with Gasteiger partial charge in [-0.1, -0.05) is 6.07 Å². The maximum absolute atomic E-state index is 13.4. The van der Waals surface area contributed by atoms with Gasteiger partial charge in [-0.15, -0.1) is 0 Å². The molecule has 1 aromatic heterocycles. The van der Waals surface area contributed by atoms with Crippen LogP contribution in [0.4, 0.5) is 4.39 Å². The largest absolute Gasteiger partial charge is 0.454 e. The highest BCUT2D eigenvalue weighted by atomic mass is 19.1. The van der Waals surface area contributed by atoms with Gasteiger partial charge in [-0.25, -0.2) is 4.39 Å². The maximum Gasteiger partial charge on any atom is 0.255 e. The summed E-state index contributed by atoms with van der Waals surface area (Å²) in [6, 6.07) is 12.3. The lowest BCUT2D eigenvalue weighted by atomic mass is 10.1.